The highest BCUT2D eigenvalue weighted by Gasteiger charge is 2.32. The van der Waals surface area contributed by atoms with Crippen LogP contribution in [0.5, 0.6) is 0 Å². The van der Waals surface area contributed by atoms with E-state index in [2.05, 4.69) is 17.9 Å². The number of hydrogen-bond acceptors (Lipinski definition) is 3. The van der Waals surface area contributed by atoms with E-state index < -0.39 is 0 Å². The normalized spacial score (nSPS) is 23.5. The second kappa shape index (κ2) is 6.71. The molecule has 1 fully saturated rings. The summed E-state index contributed by atoms with van der Waals surface area (Å²) in [6, 6.07) is 8.39. The van der Waals surface area contributed by atoms with E-state index in [4.69, 9.17) is 22.1 Å². The van der Waals surface area contributed by atoms with E-state index in [-0.39, 0.29) is 12.1 Å². The summed E-state index contributed by atoms with van der Waals surface area (Å²) < 4.78 is 5.46. The molecule has 0 aliphatic carbocycles. The third kappa shape index (κ3) is 3.48. The molecule has 0 bridgehead atoms. The van der Waals surface area contributed by atoms with Crippen molar-refractivity contribution < 1.29 is 4.74 Å². The first-order valence-electron chi connectivity index (χ1n) is 6.93. The van der Waals surface area contributed by atoms with Crippen LogP contribution in [0.1, 0.15) is 31.4 Å². The van der Waals surface area contributed by atoms with Crippen molar-refractivity contribution in [2.75, 3.05) is 20.2 Å². The van der Waals surface area contributed by atoms with Gasteiger partial charge in [-0.2, -0.15) is 0 Å². The molecule has 0 aromatic heterocycles. The first-order valence-corrected chi connectivity index (χ1v) is 7.31. The van der Waals surface area contributed by atoms with Gasteiger partial charge in [0.15, 0.2) is 0 Å². The van der Waals surface area contributed by atoms with Crippen molar-refractivity contribution in [1.29, 1.82) is 0 Å². The Morgan fingerprint density at radius 1 is 1.53 bits per heavy atom. The molecule has 2 N–H and O–H groups in total. The van der Waals surface area contributed by atoms with Gasteiger partial charge in [0.05, 0.1) is 12.1 Å². The SMILES string of the molecule is CCC(N)C(c1cccc(Cl)c1)N1CCC(OC)C1. The van der Waals surface area contributed by atoms with Crippen LogP contribution < -0.4 is 5.73 Å². The summed E-state index contributed by atoms with van der Waals surface area (Å²) in [6.07, 6.45) is 2.35. The number of benzene rings is 1. The molecule has 0 radical (unpaired) electrons. The summed E-state index contributed by atoms with van der Waals surface area (Å²) in [7, 11) is 1.78. The number of nitrogens with two attached hydrogens (primary N) is 1. The molecule has 106 valence electrons. The van der Waals surface area contributed by atoms with Crippen LogP contribution >= 0.6 is 11.6 Å². The Morgan fingerprint density at radius 3 is 2.89 bits per heavy atom. The quantitative estimate of drug-likeness (QED) is 0.902. The summed E-state index contributed by atoms with van der Waals surface area (Å²) in [5.41, 5.74) is 7.55. The van der Waals surface area contributed by atoms with Crippen molar-refractivity contribution >= 4 is 11.6 Å². The molecule has 1 aliphatic heterocycles. The van der Waals surface area contributed by atoms with Crippen molar-refractivity contribution in [3.8, 4) is 0 Å². The van der Waals surface area contributed by atoms with Crippen LogP contribution in [-0.4, -0.2) is 37.2 Å². The van der Waals surface area contributed by atoms with E-state index >= 15 is 0 Å². The van der Waals surface area contributed by atoms with Gasteiger partial charge in [-0.3, -0.25) is 4.90 Å². The van der Waals surface area contributed by atoms with E-state index in [1.165, 1.54) is 5.56 Å². The van der Waals surface area contributed by atoms with E-state index in [9.17, 15) is 0 Å². The van der Waals surface area contributed by atoms with Crippen LogP contribution in [0.3, 0.4) is 0 Å². The molecule has 0 saturated carbocycles. The smallest absolute Gasteiger partial charge is 0.0710 e. The minimum Gasteiger partial charge on any atom is -0.380 e. The number of halogens is 1. The second-order valence-corrected chi connectivity index (χ2v) is 5.65. The van der Waals surface area contributed by atoms with Gasteiger partial charge in [-0.25, -0.2) is 0 Å². The van der Waals surface area contributed by atoms with Crippen molar-refractivity contribution in [3.05, 3.63) is 34.9 Å². The van der Waals surface area contributed by atoms with Gasteiger partial charge >= 0.3 is 0 Å². The zero-order chi connectivity index (χ0) is 13.8. The van der Waals surface area contributed by atoms with Crippen molar-refractivity contribution in [2.45, 2.75) is 38.0 Å². The summed E-state index contributed by atoms with van der Waals surface area (Å²) in [6.45, 7) is 4.11. The fourth-order valence-electron chi connectivity index (χ4n) is 2.84. The highest BCUT2D eigenvalue weighted by molar-refractivity contribution is 6.30. The maximum absolute atomic E-state index is 6.34. The molecular formula is C15H23ClN2O. The highest BCUT2D eigenvalue weighted by atomic mass is 35.5. The largest absolute Gasteiger partial charge is 0.380 e. The number of likely N-dealkylation sites (tertiary alicyclic amines) is 1. The third-order valence-electron chi connectivity index (χ3n) is 3.97. The number of hydrogen-bond donors (Lipinski definition) is 1. The number of methoxy groups -OCH3 is 1. The predicted molar refractivity (Wildman–Crippen MR) is 79.4 cm³/mol. The minimum absolute atomic E-state index is 0.120. The molecule has 3 unspecified atom stereocenters. The fourth-order valence-corrected chi connectivity index (χ4v) is 3.04. The first-order chi connectivity index (χ1) is 9.15. The van der Waals surface area contributed by atoms with Crippen LogP contribution in [0.25, 0.3) is 0 Å². The Bertz CT molecular complexity index is 413. The molecule has 1 aliphatic rings. The molecule has 0 spiro atoms. The predicted octanol–water partition coefficient (Wildman–Crippen LogP) is 2.84. The van der Waals surface area contributed by atoms with Gasteiger partial charge in [-0.15, -0.1) is 0 Å². The highest BCUT2D eigenvalue weighted by Crippen LogP contribution is 2.30. The van der Waals surface area contributed by atoms with Crippen molar-refractivity contribution in [1.82, 2.24) is 4.90 Å². The Hall–Kier alpha value is -0.610. The fraction of sp³-hybridized carbons (Fsp3) is 0.600. The summed E-state index contributed by atoms with van der Waals surface area (Å²) >= 11 is 6.12. The Kier molecular flexibility index (Phi) is 5.22. The van der Waals surface area contributed by atoms with Crippen LogP contribution in [-0.2, 0) is 4.74 Å². The van der Waals surface area contributed by atoms with Gasteiger partial charge in [0, 0.05) is 31.3 Å². The maximum atomic E-state index is 6.34. The summed E-state index contributed by atoms with van der Waals surface area (Å²) in [4.78, 5) is 2.42. The third-order valence-corrected chi connectivity index (χ3v) is 4.21. The molecule has 1 saturated heterocycles. The van der Waals surface area contributed by atoms with Crippen LogP contribution in [0, 0.1) is 0 Å². The molecule has 19 heavy (non-hydrogen) atoms. The molecule has 1 aromatic carbocycles. The van der Waals surface area contributed by atoms with E-state index in [0.717, 1.165) is 31.0 Å². The van der Waals surface area contributed by atoms with Gasteiger partial charge in [-0.05, 0) is 30.5 Å². The van der Waals surface area contributed by atoms with E-state index in [1.807, 2.05) is 18.2 Å². The molecule has 2 rings (SSSR count). The summed E-state index contributed by atoms with van der Waals surface area (Å²) in [5.74, 6) is 0. The number of ether oxygens (including phenoxy) is 1. The van der Waals surface area contributed by atoms with E-state index in [0.29, 0.717) is 6.10 Å². The summed E-state index contributed by atoms with van der Waals surface area (Å²) in [5, 5.41) is 0.772. The topological polar surface area (TPSA) is 38.5 Å². The van der Waals surface area contributed by atoms with Gasteiger partial charge in [-0.1, -0.05) is 30.7 Å². The van der Waals surface area contributed by atoms with Gasteiger partial charge < -0.3 is 10.5 Å². The van der Waals surface area contributed by atoms with Gasteiger partial charge in [0.2, 0.25) is 0 Å². The van der Waals surface area contributed by atoms with Crippen LogP contribution in [0.15, 0.2) is 24.3 Å². The lowest BCUT2D eigenvalue weighted by molar-refractivity contribution is 0.0971. The van der Waals surface area contributed by atoms with Gasteiger partial charge in [0.25, 0.3) is 0 Å². The second-order valence-electron chi connectivity index (χ2n) is 5.21. The monoisotopic (exact) mass is 282 g/mol. The molecular weight excluding hydrogens is 260 g/mol. The van der Waals surface area contributed by atoms with E-state index in [1.54, 1.807) is 7.11 Å². The lowest BCUT2D eigenvalue weighted by Crippen LogP contribution is -2.40. The Balaban J connectivity index is 2.21. The van der Waals surface area contributed by atoms with Crippen LogP contribution in [0.4, 0.5) is 0 Å². The molecule has 0 amide bonds. The Morgan fingerprint density at radius 2 is 2.32 bits per heavy atom. The lowest BCUT2D eigenvalue weighted by Gasteiger charge is -2.32. The molecule has 1 aromatic rings. The lowest BCUT2D eigenvalue weighted by atomic mass is 9.96. The minimum atomic E-state index is 0.120. The van der Waals surface area contributed by atoms with Crippen LogP contribution in [0.2, 0.25) is 5.02 Å². The maximum Gasteiger partial charge on any atom is 0.0710 e. The van der Waals surface area contributed by atoms with Crippen molar-refractivity contribution in [2.24, 2.45) is 5.73 Å². The molecule has 3 nitrogen and oxygen atoms in total. The average Bonchev–Trinajstić information content (AvgIpc) is 2.87. The average molecular weight is 283 g/mol. The number of rotatable bonds is 5. The molecule has 3 atom stereocenters. The van der Waals surface area contributed by atoms with Crippen molar-refractivity contribution in [3.63, 3.8) is 0 Å². The number of nitrogens with zero attached hydrogens (tertiary/aromatic N) is 1. The molecule has 4 heteroatoms. The zero-order valence-electron chi connectivity index (χ0n) is 11.7. The van der Waals surface area contributed by atoms with Gasteiger partial charge in [0.1, 0.15) is 0 Å². The Labute approximate surface area is 120 Å². The standard InChI is InChI=1S/C15H23ClN2O/c1-3-14(17)15(11-5-4-6-12(16)9-11)18-8-7-13(10-18)19-2/h4-6,9,13-15H,3,7-8,10,17H2,1-2H3. The zero-order valence-corrected chi connectivity index (χ0v) is 12.4. The first kappa shape index (κ1) is 14.8. The molecule has 1 heterocycles.